The summed E-state index contributed by atoms with van der Waals surface area (Å²) in [6, 6.07) is 6.30. The molecule has 0 aliphatic heterocycles. The largest absolute Gasteiger partial charge is 0.366 e. The van der Waals surface area contributed by atoms with Gasteiger partial charge in [0.25, 0.3) is 0 Å². The molecule has 1 aromatic rings. The lowest BCUT2D eigenvalue weighted by Crippen LogP contribution is -2.26. The van der Waals surface area contributed by atoms with Crippen LogP contribution >= 0.6 is 0 Å². The average Bonchev–Trinajstić information content (AvgIpc) is 2.42. The maximum absolute atomic E-state index is 9.03. The molecule has 1 heterocycles. The minimum atomic E-state index is 0.486. The first-order chi connectivity index (χ1) is 8.83. The summed E-state index contributed by atoms with van der Waals surface area (Å²) in [6.45, 7) is 2.26. The van der Waals surface area contributed by atoms with E-state index in [-0.39, 0.29) is 0 Å². The summed E-state index contributed by atoms with van der Waals surface area (Å²) in [5.74, 6) is 1.66. The van der Waals surface area contributed by atoms with E-state index in [1.807, 2.05) is 12.1 Å². The van der Waals surface area contributed by atoms with Crippen molar-refractivity contribution in [3.8, 4) is 6.07 Å². The number of pyridine rings is 1. The monoisotopic (exact) mass is 243 g/mol. The van der Waals surface area contributed by atoms with E-state index in [9.17, 15) is 0 Å². The molecule has 1 aromatic heterocycles. The topological polar surface area (TPSA) is 48.7 Å². The Balaban J connectivity index is 1.90. The van der Waals surface area contributed by atoms with Crippen molar-refractivity contribution in [1.82, 2.24) is 4.98 Å². The second-order valence-corrected chi connectivity index (χ2v) is 5.16. The lowest BCUT2D eigenvalue weighted by Gasteiger charge is -2.29. The third-order valence-electron chi connectivity index (χ3n) is 3.81. The molecular formula is C15H21N3. The van der Waals surface area contributed by atoms with Gasteiger partial charge in [-0.1, -0.05) is 19.8 Å². The van der Waals surface area contributed by atoms with Gasteiger partial charge in [0.2, 0.25) is 0 Å². The Kier molecular flexibility index (Phi) is 4.58. The van der Waals surface area contributed by atoms with Crippen LogP contribution in [0.2, 0.25) is 0 Å². The molecule has 96 valence electrons. The van der Waals surface area contributed by atoms with Crippen LogP contribution in [-0.2, 0) is 0 Å². The molecular weight excluding hydrogens is 222 g/mol. The summed E-state index contributed by atoms with van der Waals surface area (Å²) in [4.78, 5) is 4.27. The average molecular weight is 243 g/mol. The smallest absolute Gasteiger partial charge is 0.144 e. The van der Waals surface area contributed by atoms with Gasteiger partial charge in [0.1, 0.15) is 11.9 Å². The van der Waals surface area contributed by atoms with Gasteiger partial charge in [0.05, 0.1) is 5.56 Å². The highest BCUT2D eigenvalue weighted by Crippen LogP contribution is 2.29. The van der Waals surface area contributed by atoms with Gasteiger partial charge in [-0.05, 0) is 43.7 Å². The molecule has 2 rings (SSSR count). The molecule has 3 nitrogen and oxygen atoms in total. The van der Waals surface area contributed by atoms with Crippen molar-refractivity contribution in [2.45, 2.75) is 51.5 Å². The van der Waals surface area contributed by atoms with E-state index in [0.717, 1.165) is 11.7 Å². The molecule has 1 saturated carbocycles. The summed E-state index contributed by atoms with van der Waals surface area (Å²) < 4.78 is 0. The summed E-state index contributed by atoms with van der Waals surface area (Å²) >= 11 is 0. The van der Waals surface area contributed by atoms with Crippen molar-refractivity contribution in [2.24, 2.45) is 5.92 Å². The zero-order valence-corrected chi connectivity index (χ0v) is 11.0. The number of nitrogens with one attached hydrogen (secondary N) is 1. The molecule has 0 atom stereocenters. The number of nitriles is 1. The summed E-state index contributed by atoms with van der Waals surface area (Å²) in [5, 5.41) is 12.5. The lowest BCUT2D eigenvalue weighted by molar-refractivity contribution is 0.318. The Morgan fingerprint density at radius 3 is 2.83 bits per heavy atom. The number of aromatic nitrogens is 1. The first-order valence-electron chi connectivity index (χ1n) is 6.95. The fourth-order valence-electron chi connectivity index (χ4n) is 2.81. The lowest BCUT2D eigenvalue weighted by atomic mass is 9.83. The molecule has 3 heteroatoms. The van der Waals surface area contributed by atoms with Gasteiger partial charge in [-0.25, -0.2) is 4.98 Å². The van der Waals surface area contributed by atoms with Crippen molar-refractivity contribution in [3.05, 3.63) is 23.9 Å². The normalized spacial score (nSPS) is 23.3. The second kappa shape index (κ2) is 6.39. The van der Waals surface area contributed by atoms with Crippen LogP contribution in [0.1, 0.15) is 51.0 Å². The van der Waals surface area contributed by atoms with Crippen LogP contribution in [0.3, 0.4) is 0 Å². The van der Waals surface area contributed by atoms with Crippen molar-refractivity contribution in [3.63, 3.8) is 0 Å². The third-order valence-corrected chi connectivity index (χ3v) is 3.81. The van der Waals surface area contributed by atoms with E-state index < -0.39 is 0 Å². The Labute approximate surface area is 109 Å². The van der Waals surface area contributed by atoms with E-state index in [4.69, 9.17) is 5.26 Å². The highest BCUT2D eigenvalue weighted by molar-refractivity contribution is 5.51. The Hall–Kier alpha value is -1.56. The molecule has 0 unspecified atom stereocenters. The van der Waals surface area contributed by atoms with Crippen LogP contribution in [0.15, 0.2) is 18.3 Å². The van der Waals surface area contributed by atoms with Crippen molar-refractivity contribution >= 4 is 5.82 Å². The zero-order valence-electron chi connectivity index (χ0n) is 11.0. The second-order valence-electron chi connectivity index (χ2n) is 5.16. The summed E-state index contributed by atoms with van der Waals surface area (Å²) in [5.41, 5.74) is 0.646. The van der Waals surface area contributed by atoms with Crippen LogP contribution in [0.25, 0.3) is 0 Å². The molecule has 0 aromatic carbocycles. The Morgan fingerprint density at radius 2 is 2.17 bits per heavy atom. The number of hydrogen-bond donors (Lipinski definition) is 1. The molecule has 18 heavy (non-hydrogen) atoms. The predicted molar refractivity (Wildman–Crippen MR) is 73.2 cm³/mol. The van der Waals surface area contributed by atoms with E-state index in [1.54, 1.807) is 6.20 Å². The van der Waals surface area contributed by atoms with Gasteiger partial charge in [0.15, 0.2) is 0 Å². The molecule has 0 bridgehead atoms. The van der Waals surface area contributed by atoms with E-state index in [0.29, 0.717) is 11.6 Å². The van der Waals surface area contributed by atoms with Crippen LogP contribution in [0.5, 0.6) is 0 Å². The Morgan fingerprint density at radius 1 is 1.39 bits per heavy atom. The number of hydrogen-bond acceptors (Lipinski definition) is 3. The van der Waals surface area contributed by atoms with Gasteiger partial charge < -0.3 is 5.32 Å². The molecule has 1 aliphatic carbocycles. The number of nitrogens with zero attached hydrogens (tertiary/aromatic N) is 2. The van der Waals surface area contributed by atoms with Crippen LogP contribution in [0, 0.1) is 17.2 Å². The first kappa shape index (κ1) is 12.9. The minimum absolute atomic E-state index is 0.486. The molecule has 1 N–H and O–H groups in total. The Bertz CT molecular complexity index is 414. The number of rotatable bonds is 4. The SMILES string of the molecule is CCCC1CCC(Nc2ncccc2C#N)CC1. The summed E-state index contributed by atoms with van der Waals surface area (Å²) in [7, 11) is 0. The standard InChI is InChI=1S/C15H21N3/c1-2-4-12-6-8-14(9-7-12)18-15-13(11-16)5-3-10-17-15/h3,5,10,12,14H,2,4,6-9H2,1H3,(H,17,18). The fraction of sp³-hybridized carbons (Fsp3) is 0.600. The minimum Gasteiger partial charge on any atom is -0.366 e. The van der Waals surface area contributed by atoms with Gasteiger partial charge in [-0.2, -0.15) is 5.26 Å². The molecule has 1 fully saturated rings. The van der Waals surface area contributed by atoms with Gasteiger partial charge in [-0.15, -0.1) is 0 Å². The van der Waals surface area contributed by atoms with Gasteiger partial charge in [-0.3, -0.25) is 0 Å². The van der Waals surface area contributed by atoms with E-state index >= 15 is 0 Å². The molecule has 0 spiro atoms. The molecule has 1 aliphatic rings. The van der Waals surface area contributed by atoms with Crippen LogP contribution < -0.4 is 5.32 Å². The maximum Gasteiger partial charge on any atom is 0.144 e. The van der Waals surface area contributed by atoms with Crippen LogP contribution in [0.4, 0.5) is 5.82 Å². The molecule has 0 saturated heterocycles. The third kappa shape index (κ3) is 3.22. The number of anilines is 1. The quantitative estimate of drug-likeness (QED) is 0.876. The predicted octanol–water partition coefficient (Wildman–Crippen LogP) is 3.72. The summed E-state index contributed by atoms with van der Waals surface area (Å²) in [6.07, 6.45) is 9.41. The highest BCUT2D eigenvalue weighted by Gasteiger charge is 2.21. The molecule has 0 radical (unpaired) electrons. The van der Waals surface area contributed by atoms with Crippen molar-refractivity contribution in [1.29, 1.82) is 5.26 Å². The van der Waals surface area contributed by atoms with Gasteiger partial charge >= 0.3 is 0 Å². The zero-order chi connectivity index (χ0) is 12.8. The van der Waals surface area contributed by atoms with E-state index in [2.05, 4.69) is 23.3 Å². The van der Waals surface area contributed by atoms with Crippen molar-refractivity contribution in [2.75, 3.05) is 5.32 Å². The first-order valence-corrected chi connectivity index (χ1v) is 6.95. The van der Waals surface area contributed by atoms with E-state index in [1.165, 1.54) is 38.5 Å². The molecule has 0 amide bonds. The fourth-order valence-corrected chi connectivity index (χ4v) is 2.81. The maximum atomic E-state index is 9.03. The van der Waals surface area contributed by atoms with Crippen LogP contribution in [-0.4, -0.2) is 11.0 Å². The van der Waals surface area contributed by atoms with Crippen molar-refractivity contribution < 1.29 is 0 Å². The van der Waals surface area contributed by atoms with Gasteiger partial charge in [0, 0.05) is 12.2 Å². The highest BCUT2D eigenvalue weighted by atomic mass is 15.0.